The van der Waals surface area contributed by atoms with Gasteiger partial charge in [0, 0.05) is 22.0 Å². The summed E-state index contributed by atoms with van der Waals surface area (Å²) >= 11 is 12.3. The third kappa shape index (κ3) is 5.74. The van der Waals surface area contributed by atoms with Gasteiger partial charge in [0.05, 0.1) is 22.3 Å². The number of hydrogen-bond acceptors (Lipinski definition) is 4. The molecule has 1 heterocycles. The number of carboxylic acid groups (broad SMARTS) is 1. The highest BCUT2D eigenvalue weighted by molar-refractivity contribution is 7.92. The summed E-state index contributed by atoms with van der Waals surface area (Å²) in [6.45, 7) is 3.62. The average molecular weight is 553 g/mol. The van der Waals surface area contributed by atoms with Crippen molar-refractivity contribution in [3.8, 4) is 0 Å². The van der Waals surface area contributed by atoms with Crippen LogP contribution in [0, 0.1) is 11.3 Å². The zero-order valence-corrected chi connectivity index (χ0v) is 22.6. The van der Waals surface area contributed by atoms with Gasteiger partial charge >= 0.3 is 5.97 Å². The lowest BCUT2D eigenvalue weighted by molar-refractivity contribution is -0.147. The molecular formula is C27H31Cl2NO5S. The maximum Gasteiger partial charge on any atom is 0.304 e. The predicted molar refractivity (Wildman–Crippen MR) is 141 cm³/mol. The summed E-state index contributed by atoms with van der Waals surface area (Å²) in [5.41, 5.74) is 0.490. The molecule has 1 aliphatic heterocycles. The highest BCUT2D eigenvalue weighted by Gasteiger charge is 2.49. The lowest BCUT2D eigenvalue weighted by atomic mass is 9.67. The maximum atomic E-state index is 13.5. The van der Waals surface area contributed by atoms with Crippen molar-refractivity contribution in [2.45, 2.75) is 68.4 Å². The third-order valence-electron chi connectivity index (χ3n) is 7.59. The first-order chi connectivity index (χ1) is 16.9. The van der Waals surface area contributed by atoms with E-state index in [1.807, 2.05) is 25.1 Å². The van der Waals surface area contributed by atoms with Gasteiger partial charge in [-0.3, -0.25) is 9.59 Å². The second-order valence-corrected chi connectivity index (χ2v) is 13.8. The number of carbonyl (C=O) groups is 2. The first-order valence-electron chi connectivity index (χ1n) is 12.2. The van der Waals surface area contributed by atoms with Crippen LogP contribution in [0.25, 0.3) is 0 Å². The zero-order chi connectivity index (χ0) is 26.3. The van der Waals surface area contributed by atoms with Crippen LogP contribution in [-0.2, 0) is 19.4 Å². The minimum atomic E-state index is -3.42. The average Bonchev–Trinajstić information content (AvgIpc) is 3.65. The van der Waals surface area contributed by atoms with Crippen LogP contribution in [0.15, 0.2) is 48.5 Å². The normalized spacial score (nSPS) is 26.2. The summed E-state index contributed by atoms with van der Waals surface area (Å²) in [4.78, 5) is 24.7. The Morgan fingerprint density at radius 3 is 2.39 bits per heavy atom. The first kappa shape index (κ1) is 27.0. The van der Waals surface area contributed by atoms with Crippen molar-refractivity contribution in [2.75, 3.05) is 0 Å². The predicted octanol–water partition coefficient (Wildman–Crippen LogP) is 5.79. The van der Waals surface area contributed by atoms with Gasteiger partial charge in [0.15, 0.2) is 9.84 Å². The van der Waals surface area contributed by atoms with Crippen LogP contribution in [0.1, 0.15) is 68.2 Å². The molecule has 2 aromatic carbocycles. The molecule has 4 rings (SSSR count). The number of aliphatic carboxylic acids is 1. The lowest BCUT2D eigenvalue weighted by Crippen LogP contribution is -2.56. The van der Waals surface area contributed by atoms with Gasteiger partial charge in [-0.05, 0) is 67.0 Å². The fraction of sp³-hybridized carbons (Fsp3) is 0.481. The van der Waals surface area contributed by atoms with Gasteiger partial charge < -0.3 is 10.4 Å². The first-order valence-corrected chi connectivity index (χ1v) is 14.5. The number of carboxylic acids is 1. The van der Waals surface area contributed by atoms with Crippen molar-refractivity contribution in [2.24, 2.45) is 11.3 Å². The molecule has 1 saturated carbocycles. The van der Waals surface area contributed by atoms with Gasteiger partial charge in [-0.15, -0.1) is 0 Å². The minimum Gasteiger partial charge on any atom is -0.481 e. The Balaban J connectivity index is 1.68. The Hall–Kier alpha value is -2.09. The Labute approximate surface area is 222 Å². The molecule has 0 bridgehead atoms. The van der Waals surface area contributed by atoms with E-state index in [1.165, 1.54) is 0 Å². The summed E-state index contributed by atoms with van der Waals surface area (Å²) in [6, 6.07) is 13.9. The molecule has 1 saturated heterocycles. The molecular weight excluding hydrogens is 521 g/mol. The second kappa shape index (κ2) is 10.3. The quantitative estimate of drug-likeness (QED) is 0.410. The van der Waals surface area contributed by atoms with E-state index in [0.717, 1.165) is 5.56 Å². The van der Waals surface area contributed by atoms with Crippen molar-refractivity contribution in [3.05, 3.63) is 69.7 Å². The minimum absolute atomic E-state index is 0.221. The van der Waals surface area contributed by atoms with E-state index in [0.29, 0.717) is 41.3 Å². The molecule has 1 aliphatic carbocycles. The van der Waals surface area contributed by atoms with E-state index in [9.17, 15) is 23.1 Å². The van der Waals surface area contributed by atoms with Gasteiger partial charge in [-0.1, -0.05) is 61.3 Å². The topological polar surface area (TPSA) is 101 Å². The summed E-state index contributed by atoms with van der Waals surface area (Å²) in [6.07, 6.45) is 1.68. The van der Waals surface area contributed by atoms with Crippen molar-refractivity contribution >= 4 is 44.9 Å². The summed E-state index contributed by atoms with van der Waals surface area (Å²) in [5, 5.41) is 12.6. The Kier molecular flexibility index (Phi) is 7.75. The van der Waals surface area contributed by atoms with Gasteiger partial charge in [0.1, 0.15) is 0 Å². The van der Waals surface area contributed by atoms with Gasteiger partial charge in [-0.25, -0.2) is 8.42 Å². The number of carbonyl (C=O) groups excluding carboxylic acids is 1. The van der Waals surface area contributed by atoms with Gasteiger partial charge in [-0.2, -0.15) is 0 Å². The fourth-order valence-electron chi connectivity index (χ4n) is 5.47. The number of piperidine rings is 1. The summed E-state index contributed by atoms with van der Waals surface area (Å²) in [7, 11) is -3.42. The molecule has 194 valence electrons. The van der Waals surface area contributed by atoms with Crippen LogP contribution in [0.4, 0.5) is 0 Å². The van der Waals surface area contributed by atoms with Crippen LogP contribution in [-0.4, -0.2) is 36.7 Å². The maximum absolute atomic E-state index is 13.5. The van der Waals surface area contributed by atoms with Crippen LogP contribution >= 0.6 is 23.2 Å². The van der Waals surface area contributed by atoms with Crippen LogP contribution < -0.4 is 5.32 Å². The Bertz CT molecular complexity index is 1250. The largest absolute Gasteiger partial charge is 0.481 e. The number of amides is 1. The van der Waals surface area contributed by atoms with E-state index in [-0.39, 0.29) is 35.5 Å². The molecule has 6 nitrogen and oxygen atoms in total. The molecule has 2 N–H and O–H groups in total. The molecule has 2 aromatic rings. The van der Waals surface area contributed by atoms with E-state index >= 15 is 0 Å². The fourth-order valence-corrected chi connectivity index (χ4v) is 8.16. The molecule has 0 spiro atoms. The summed E-state index contributed by atoms with van der Waals surface area (Å²) < 4.78 is 27.0. The van der Waals surface area contributed by atoms with E-state index < -0.39 is 26.5 Å². The van der Waals surface area contributed by atoms with E-state index in [1.54, 1.807) is 37.3 Å². The molecule has 1 unspecified atom stereocenters. The smallest absolute Gasteiger partial charge is 0.304 e. The summed E-state index contributed by atoms with van der Waals surface area (Å²) in [5.74, 6) is -1.81. The molecule has 2 fully saturated rings. The van der Waals surface area contributed by atoms with Gasteiger partial charge in [0.2, 0.25) is 5.91 Å². The number of rotatable bonds is 9. The molecule has 0 aromatic heterocycles. The van der Waals surface area contributed by atoms with Crippen LogP contribution in [0.5, 0.6) is 0 Å². The number of sulfone groups is 1. The van der Waals surface area contributed by atoms with Crippen LogP contribution in [0.2, 0.25) is 10.0 Å². The van der Waals surface area contributed by atoms with E-state index in [2.05, 4.69) is 5.32 Å². The van der Waals surface area contributed by atoms with E-state index in [4.69, 9.17) is 23.2 Å². The number of halogens is 2. The molecule has 5 atom stereocenters. The Morgan fingerprint density at radius 2 is 1.81 bits per heavy atom. The van der Waals surface area contributed by atoms with Crippen molar-refractivity contribution < 1.29 is 23.1 Å². The molecule has 2 aliphatic rings. The second-order valence-electron chi connectivity index (χ2n) is 10.5. The van der Waals surface area contributed by atoms with Crippen molar-refractivity contribution in [1.82, 2.24) is 5.32 Å². The zero-order valence-electron chi connectivity index (χ0n) is 20.3. The van der Waals surface area contributed by atoms with Gasteiger partial charge in [0.25, 0.3) is 0 Å². The third-order valence-corrected chi connectivity index (χ3v) is 10.7. The SMILES string of the molecule is CC(C[C@@H](c1ccc(Cl)cc1)S(=O)(=O)C1CC1)[C@@H]1NC(=O)[C@](C)(CC(=O)O)C[C@@H]1c1cccc(Cl)c1. The Morgan fingerprint density at radius 1 is 1.14 bits per heavy atom. The molecule has 0 radical (unpaired) electrons. The highest BCUT2D eigenvalue weighted by Crippen LogP contribution is 2.46. The van der Waals surface area contributed by atoms with Crippen LogP contribution in [0.3, 0.4) is 0 Å². The van der Waals surface area contributed by atoms with Crippen molar-refractivity contribution in [1.29, 1.82) is 0 Å². The molecule has 9 heteroatoms. The number of hydrogen-bond donors (Lipinski definition) is 2. The standard InChI is InChI=1S/C27H31Cl2NO5S/c1-16(12-23(36(34,35)21-10-11-21)17-6-8-19(28)9-7-17)25-22(18-4-3-5-20(29)13-18)14-27(2,15-24(31)32)26(33)30-25/h3-9,13,16,21-23,25H,10-12,14-15H2,1-2H3,(H,30,33)(H,31,32)/t16?,22-,23+,25+,27+/m1/s1. The lowest BCUT2D eigenvalue weighted by Gasteiger charge is -2.45. The number of benzene rings is 2. The number of nitrogens with one attached hydrogen (secondary N) is 1. The molecule has 36 heavy (non-hydrogen) atoms. The monoisotopic (exact) mass is 551 g/mol. The highest BCUT2D eigenvalue weighted by atomic mass is 35.5. The molecule has 1 amide bonds. The van der Waals surface area contributed by atoms with Crippen molar-refractivity contribution in [3.63, 3.8) is 0 Å².